The van der Waals surface area contributed by atoms with E-state index in [0.717, 1.165) is 11.1 Å². The van der Waals surface area contributed by atoms with Gasteiger partial charge in [-0.15, -0.1) is 5.10 Å². The summed E-state index contributed by atoms with van der Waals surface area (Å²) in [5, 5.41) is 6.73. The third-order valence-electron chi connectivity index (χ3n) is 3.45. The van der Waals surface area contributed by atoms with Crippen LogP contribution in [-0.2, 0) is 19.4 Å². The maximum absolute atomic E-state index is 11.7. The van der Waals surface area contributed by atoms with Gasteiger partial charge in [-0.1, -0.05) is 12.1 Å². The molecule has 0 atom stereocenters. The predicted octanol–water partition coefficient (Wildman–Crippen LogP) is 1.38. The van der Waals surface area contributed by atoms with Crippen LogP contribution in [0.25, 0.3) is 16.8 Å². The highest BCUT2D eigenvalue weighted by Crippen LogP contribution is 2.23. The summed E-state index contributed by atoms with van der Waals surface area (Å²) in [6, 6.07) is 10.2. The van der Waals surface area contributed by atoms with Crippen LogP contribution in [0.2, 0.25) is 0 Å². The number of anilines is 1. The number of benzene rings is 1. The molecular formula is C16H16N4O4S. The quantitative estimate of drug-likeness (QED) is 0.737. The summed E-state index contributed by atoms with van der Waals surface area (Å²) in [7, 11) is -1.86. The number of ether oxygens (including phenoxy) is 1. The lowest BCUT2D eigenvalue weighted by atomic mass is 10.1. The number of carbonyl (C=O) groups is 1. The Morgan fingerprint density at radius 2 is 2.04 bits per heavy atom. The summed E-state index contributed by atoms with van der Waals surface area (Å²) in [6.45, 7) is -0.0842. The van der Waals surface area contributed by atoms with E-state index in [-0.39, 0.29) is 23.4 Å². The Bertz CT molecular complexity index is 1040. The van der Waals surface area contributed by atoms with Gasteiger partial charge in [-0.2, -0.15) is 4.98 Å². The number of pyridine rings is 1. The fourth-order valence-corrected chi connectivity index (χ4v) is 2.97. The van der Waals surface area contributed by atoms with Crippen LogP contribution in [0.3, 0.4) is 0 Å². The number of sulfone groups is 1. The first-order chi connectivity index (χ1) is 11.9. The van der Waals surface area contributed by atoms with E-state index in [4.69, 9.17) is 4.74 Å². The van der Waals surface area contributed by atoms with Gasteiger partial charge in [0, 0.05) is 25.1 Å². The second kappa shape index (κ2) is 6.61. The van der Waals surface area contributed by atoms with Crippen molar-refractivity contribution in [3.05, 3.63) is 42.6 Å². The lowest BCUT2D eigenvalue weighted by molar-refractivity contribution is -0.119. The zero-order valence-corrected chi connectivity index (χ0v) is 14.4. The molecule has 2 aromatic heterocycles. The highest BCUT2D eigenvalue weighted by molar-refractivity contribution is 7.90. The van der Waals surface area contributed by atoms with E-state index in [0.29, 0.717) is 5.65 Å². The van der Waals surface area contributed by atoms with Crippen molar-refractivity contribution in [3.63, 3.8) is 0 Å². The first-order valence-electron chi connectivity index (χ1n) is 7.32. The van der Waals surface area contributed by atoms with Gasteiger partial charge in [-0.25, -0.2) is 12.9 Å². The Morgan fingerprint density at radius 1 is 1.24 bits per heavy atom. The number of aromatic nitrogens is 3. The van der Waals surface area contributed by atoms with Crippen molar-refractivity contribution in [1.82, 2.24) is 14.6 Å². The molecule has 25 heavy (non-hydrogen) atoms. The van der Waals surface area contributed by atoms with E-state index in [1.807, 2.05) is 12.1 Å². The van der Waals surface area contributed by atoms with Crippen LogP contribution in [-0.4, -0.2) is 48.9 Å². The zero-order valence-electron chi connectivity index (χ0n) is 13.6. The minimum Gasteiger partial charge on any atom is -0.375 e. The molecule has 0 aliphatic heterocycles. The molecule has 3 aromatic rings. The van der Waals surface area contributed by atoms with E-state index in [2.05, 4.69) is 15.4 Å². The molecule has 3 rings (SSSR count). The average molecular weight is 360 g/mol. The molecule has 0 aliphatic rings. The largest absolute Gasteiger partial charge is 0.375 e. The number of amides is 1. The van der Waals surface area contributed by atoms with E-state index in [1.54, 1.807) is 30.5 Å². The Labute approximate surface area is 144 Å². The first-order valence-corrected chi connectivity index (χ1v) is 9.22. The van der Waals surface area contributed by atoms with Crippen molar-refractivity contribution in [1.29, 1.82) is 0 Å². The molecule has 0 spiro atoms. The molecule has 1 N–H and O–H groups in total. The van der Waals surface area contributed by atoms with Gasteiger partial charge >= 0.3 is 0 Å². The van der Waals surface area contributed by atoms with Crippen LogP contribution in [0.5, 0.6) is 0 Å². The van der Waals surface area contributed by atoms with Crippen molar-refractivity contribution < 1.29 is 17.9 Å². The van der Waals surface area contributed by atoms with Crippen molar-refractivity contribution in [2.24, 2.45) is 0 Å². The van der Waals surface area contributed by atoms with E-state index in [9.17, 15) is 13.2 Å². The fourth-order valence-electron chi connectivity index (χ4n) is 2.30. The lowest BCUT2D eigenvalue weighted by Crippen LogP contribution is -2.17. The third-order valence-corrected chi connectivity index (χ3v) is 4.56. The number of hydrogen-bond donors (Lipinski definition) is 1. The highest BCUT2D eigenvalue weighted by Gasteiger charge is 2.11. The van der Waals surface area contributed by atoms with Crippen LogP contribution in [0, 0.1) is 0 Å². The minimum atomic E-state index is -3.28. The molecular weight excluding hydrogens is 344 g/mol. The second-order valence-electron chi connectivity index (χ2n) is 5.44. The molecule has 2 heterocycles. The summed E-state index contributed by atoms with van der Waals surface area (Å²) >= 11 is 0. The summed E-state index contributed by atoms with van der Waals surface area (Å²) in [4.78, 5) is 16.0. The Balaban J connectivity index is 1.95. The molecule has 9 heteroatoms. The third kappa shape index (κ3) is 3.83. The van der Waals surface area contributed by atoms with Gasteiger partial charge in [0.1, 0.15) is 6.61 Å². The minimum absolute atomic E-state index is 0.0842. The van der Waals surface area contributed by atoms with Gasteiger partial charge < -0.3 is 4.74 Å². The average Bonchev–Trinajstić information content (AvgIpc) is 2.95. The van der Waals surface area contributed by atoms with Crippen LogP contribution in [0.4, 0.5) is 5.95 Å². The molecule has 1 amide bonds. The number of hydrogen-bond acceptors (Lipinski definition) is 6. The maximum Gasteiger partial charge on any atom is 0.252 e. The van der Waals surface area contributed by atoms with Gasteiger partial charge in [0.2, 0.25) is 5.95 Å². The van der Waals surface area contributed by atoms with E-state index >= 15 is 0 Å². The zero-order chi connectivity index (χ0) is 18.0. The molecule has 0 radical (unpaired) electrons. The molecule has 130 valence electrons. The van der Waals surface area contributed by atoms with Gasteiger partial charge in [-0.3, -0.25) is 10.1 Å². The van der Waals surface area contributed by atoms with Crippen molar-refractivity contribution in [2.75, 3.05) is 25.3 Å². The van der Waals surface area contributed by atoms with Gasteiger partial charge in [0.15, 0.2) is 15.5 Å². The highest BCUT2D eigenvalue weighted by atomic mass is 32.2. The second-order valence-corrected chi connectivity index (χ2v) is 7.45. The molecule has 0 aliphatic carbocycles. The number of methoxy groups -OCH3 is 1. The fraction of sp³-hybridized carbons (Fsp3) is 0.188. The Kier molecular flexibility index (Phi) is 4.51. The summed E-state index contributed by atoms with van der Waals surface area (Å²) in [6.07, 6.45) is 2.89. The maximum atomic E-state index is 11.7. The molecule has 8 nitrogen and oxygen atoms in total. The topological polar surface area (TPSA) is 103 Å². The number of fused-ring (bicyclic) bond motifs is 1. The lowest BCUT2D eigenvalue weighted by Gasteiger charge is -2.04. The number of nitrogens with one attached hydrogen (secondary N) is 1. The number of nitrogens with zero attached hydrogens (tertiary/aromatic N) is 3. The summed E-state index contributed by atoms with van der Waals surface area (Å²) in [5.74, 6) is -0.177. The molecule has 0 unspecified atom stereocenters. The Morgan fingerprint density at radius 3 is 2.76 bits per heavy atom. The molecule has 0 fully saturated rings. The molecule has 0 saturated carbocycles. The van der Waals surface area contributed by atoms with Gasteiger partial charge in [0.25, 0.3) is 5.91 Å². The monoisotopic (exact) mass is 360 g/mol. The van der Waals surface area contributed by atoms with Crippen LogP contribution in [0.1, 0.15) is 0 Å². The number of rotatable bonds is 5. The summed E-state index contributed by atoms with van der Waals surface area (Å²) < 4.78 is 29.7. The normalized spacial score (nSPS) is 11.6. The van der Waals surface area contributed by atoms with E-state index < -0.39 is 9.84 Å². The summed E-state index contributed by atoms with van der Waals surface area (Å²) in [5.41, 5.74) is 2.07. The van der Waals surface area contributed by atoms with Crippen LogP contribution in [0.15, 0.2) is 47.5 Å². The van der Waals surface area contributed by atoms with Crippen LogP contribution >= 0.6 is 0 Å². The smallest absolute Gasteiger partial charge is 0.252 e. The SMILES string of the molecule is COCC(=O)Nc1nc2ccc(-c3cccc(S(C)(=O)=O)c3)cn2n1. The molecule has 1 aromatic carbocycles. The van der Waals surface area contributed by atoms with Crippen molar-refractivity contribution in [2.45, 2.75) is 4.90 Å². The predicted molar refractivity (Wildman–Crippen MR) is 92.0 cm³/mol. The van der Waals surface area contributed by atoms with Crippen LogP contribution < -0.4 is 5.32 Å². The van der Waals surface area contributed by atoms with Crippen molar-refractivity contribution in [3.8, 4) is 11.1 Å². The molecule has 0 bridgehead atoms. The molecule has 0 saturated heterocycles. The standard InChI is InChI=1S/C16H16N4O4S/c1-24-10-15(21)18-16-17-14-7-6-12(9-20(14)19-16)11-4-3-5-13(8-11)25(2,22)23/h3-9H,10H2,1-2H3,(H,18,19,21). The number of carbonyl (C=O) groups excluding carboxylic acids is 1. The van der Waals surface area contributed by atoms with Crippen molar-refractivity contribution >= 4 is 27.3 Å². The van der Waals surface area contributed by atoms with Gasteiger partial charge in [-0.05, 0) is 29.8 Å². The van der Waals surface area contributed by atoms with E-state index in [1.165, 1.54) is 17.9 Å². The first kappa shape index (κ1) is 17.1. The van der Waals surface area contributed by atoms with Gasteiger partial charge in [0.05, 0.1) is 4.90 Å². The Hall–Kier alpha value is -2.78.